The van der Waals surface area contributed by atoms with Gasteiger partial charge in [-0.05, 0) is 66.1 Å². The number of nitriles is 1. The van der Waals surface area contributed by atoms with Gasteiger partial charge in [-0.1, -0.05) is 12.1 Å². The molecule has 2 aromatic carbocycles. The minimum absolute atomic E-state index is 0.0184. The Kier molecular flexibility index (Phi) is 6.13. The number of hydrogen-bond donors (Lipinski definition) is 1. The van der Waals surface area contributed by atoms with E-state index in [0.29, 0.717) is 5.56 Å². The highest BCUT2D eigenvalue weighted by atomic mass is 32.1. The van der Waals surface area contributed by atoms with Gasteiger partial charge in [0.25, 0.3) is 0 Å². The number of alkyl halides is 3. The van der Waals surface area contributed by atoms with Gasteiger partial charge in [-0.15, -0.1) is 11.3 Å². The Balaban J connectivity index is 1.60. The number of thiazole rings is 1. The minimum atomic E-state index is -4.49. The molecule has 0 bridgehead atoms. The number of carboxylic acid groups (broad SMARTS) is 1. The van der Waals surface area contributed by atoms with Crippen LogP contribution in [-0.2, 0) is 11.2 Å². The second kappa shape index (κ2) is 8.87. The summed E-state index contributed by atoms with van der Waals surface area (Å²) in [7, 11) is 0. The van der Waals surface area contributed by atoms with Gasteiger partial charge in [0, 0.05) is 11.8 Å². The van der Waals surface area contributed by atoms with Gasteiger partial charge in [0.1, 0.15) is 16.8 Å². The van der Waals surface area contributed by atoms with Crippen LogP contribution in [0.2, 0.25) is 0 Å². The third-order valence-corrected chi connectivity index (χ3v) is 6.83. The number of nitrogens with zero attached hydrogens (tertiary/aromatic N) is 2. The normalized spacial score (nSPS) is 15.2. The Morgan fingerprint density at radius 3 is 2.82 bits per heavy atom. The van der Waals surface area contributed by atoms with Crippen molar-refractivity contribution in [2.24, 2.45) is 0 Å². The van der Waals surface area contributed by atoms with Gasteiger partial charge in [0.2, 0.25) is 0 Å². The third kappa shape index (κ3) is 4.86. The zero-order valence-electron chi connectivity index (χ0n) is 17.6. The smallest absolute Gasteiger partial charge is 0.422 e. The molecule has 1 N–H and O–H groups in total. The van der Waals surface area contributed by atoms with Gasteiger partial charge in [0.15, 0.2) is 6.61 Å². The maximum Gasteiger partial charge on any atom is 0.422 e. The Labute approximate surface area is 192 Å². The summed E-state index contributed by atoms with van der Waals surface area (Å²) in [6, 6.07) is 10.3. The molecule has 1 aliphatic carbocycles. The summed E-state index contributed by atoms with van der Waals surface area (Å²) in [6.45, 7) is 0.551. The van der Waals surface area contributed by atoms with Gasteiger partial charge in [0.05, 0.1) is 16.9 Å². The average Bonchev–Trinajstić information content (AvgIpc) is 3.40. The van der Waals surface area contributed by atoms with E-state index in [1.165, 1.54) is 29.0 Å². The lowest BCUT2D eigenvalue weighted by atomic mass is 9.94. The fraction of sp³-hybridized carbons (Fsp3) is 0.292. The van der Waals surface area contributed by atoms with E-state index in [1.807, 2.05) is 25.1 Å². The van der Waals surface area contributed by atoms with Crippen LogP contribution in [0.1, 0.15) is 41.0 Å². The molecule has 1 atom stereocenters. The van der Waals surface area contributed by atoms with Crippen molar-refractivity contribution in [1.29, 1.82) is 5.26 Å². The molecule has 170 valence electrons. The summed E-state index contributed by atoms with van der Waals surface area (Å²) in [5.41, 5.74) is 4.98. The summed E-state index contributed by atoms with van der Waals surface area (Å²) in [6.07, 6.45) is -1.05. The molecule has 33 heavy (non-hydrogen) atoms. The van der Waals surface area contributed by atoms with E-state index in [9.17, 15) is 23.2 Å². The molecule has 0 spiro atoms. The summed E-state index contributed by atoms with van der Waals surface area (Å²) >= 11 is 1.42. The molecule has 1 aliphatic rings. The van der Waals surface area contributed by atoms with Crippen molar-refractivity contribution < 1.29 is 27.8 Å². The molecular weight excluding hydrogens is 453 g/mol. The molecule has 0 saturated carbocycles. The standard InChI is InChI=1S/C24H19F3N2O3S/c1-13-17-4-2-14(9-22(30)31)19(17)6-5-18(13)23-29-11-21(33-23)15-3-7-20(16(8-15)10-28)32-12-24(25,26)27/h3,5-8,11,14H,2,4,9,12H2,1H3,(H,30,31). The van der Waals surface area contributed by atoms with Crippen molar-refractivity contribution in [3.05, 3.63) is 58.8 Å². The van der Waals surface area contributed by atoms with E-state index in [0.717, 1.165) is 39.4 Å². The largest absolute Gasteiger partial charge is 0.483 e. The third-order valence-electron chi connectivity index (χ3n) is 5.75. The number of halogens is 3. The number of carbonyl (C=O) groups is 1. The van der Waals surface area contributed by atoms with E-state index in [2.05, 4.69) is 4.98 Å². The molecule has 1 unspecified atom stereocenters. The van der Waals surface area contributed by atoms with Crippen molar-refractivity contribution in [1.82, 2.24) is 4.98 Å². The maximum atomic E-state index is 12.4. The summed E-state index contributed by atoms with van der Waals surface area (Å²) in [5, 5.41) is 19.3. The quantitative estimate of drug-likeness (QED) is 0.469. The van der Waals surface area contributed by atoms with Crippen LogP contribution in [0.25, 0.3) is 21.0 Å². The van der Waals surface area contributed by atoms with Crippen LogP contribution < -0.4 is 4.74 Å². The zero-order chi connectivity index (χ0) is 23.8. The van der Waals surface area contributed by atoms with Crippen LogP contribution in [0.3, 0.4) is 0 Å². The number of carboxylic acids is 1. The Morgan fingerprint density at radius 1 is 1.33 bits per heavy atom. The lowest BCUT2D eigenvalue weighted by Gasteiger charge is -2.12. The molecule has 0 fully saturated rings. The van der Waals surface area contributed by atoms with Crippen molar-refractivity contribution in [3.63, 3.8) is 0 Å². The molecule has 1 aromatic heterocycles. The van der Waals surface area contributed by atoms with Gasteiger partial charge in [-0.25, -0.2) is 4.98 Å². The fourth-order valence-corrected chi connectivity index (χ4v) is 5.20. The van der Waals surface area contributed by atoms with Crippen LogP contribution in [0.5, 0.6) is 5.75 Å². The topological polar surface area (TPSA) is 83.2 Å². The fourth-order valence-electron chi connectivity index (χ4n) is 4.21. The van der Waals surface area contributed by atoms with Gasteiger partial charge >= 0.3 is 12.1 Å². The molecule has 3 aromatic rings. The first-order valence-electron chi connectivity index (χ1n) is 10.2. The highest BCUT2D eigenvalue weighted by molar-refractivity contribution is 7.18. The summed E-state index contributed by atoms with van der Waals surface area (Å²) < 4.78 is 42.1. The van der Waals surface area contributed by atoms with Crippen LogP contribution in [-0.4, -0.2) is 28.8 Å². The molecular formula is C24H19F3N2O3S. The number of benzene rings is 2. The van der Waals surface area contributed by atoms with Gasteiger partial charge < -0.3 is 9.84 Å². The number of fused-ring (bicyclic) bond motifs is 1. The highest BCUT2D eigenvalue weighted by Crippen LogP contribution is 2.42. The van der Waals surface area contributed by atoms with E-state index in [4.69, 9.17) is 9.84 Å². The lowest BCUT2D eigenvalue weighted by Crippen LogP contribution is -2.19. The van der Waals surface area contributed by atoms with Crippen molar-refractivity contribution in [2.75, 3.05) is 6.61 Å². The molecule has 1 heterocycles. The average molecular weight is 472 g/mol. The van der Waals surface area contributed by atoms with E-state index >= 15 is 0 Å². The Hall–Kier alpha value is -3.38. The second-order valence-corrected chi connectivity index (χ2v) is 8.93. The predicted molar refractivity (Wildman–Crippen MR) is 117 cm³/mol. The number of rotatable bonds is 6. The molecule has 5 nitrogen and oxygen atoms in total. The van der Waals surface area contributed by atoms with Crippen LogP contribution in [0.4, 0.5) is 13.2 Å². The predicted octanol–water partition coefficient (Wildman–Crippen LogP) is 6.10. The SMILES string of the molecule is Cc1c(-c2ncc(-c3ccc(OCC(F)(F)F)c(C#N)c3)s2)ccc2c1CCC2CC(=O)O. The highest BCUT2D eigenvalue weighted by Gasteiger charge is 2.29. The Morgan fingerprint density at radius 2 is 2.12 bits per heavy atom. The second-order valence-electron chi connectivity index (χ2n) is 7.90. The van der Waals surface area contributed by atoms with E-state index in [-0.39, 0.29) is 23.7 Å². The first kappa shape index (κ1) is 22.8. The molecule has 0 radical (unpaired) electrons. The van der Waals surface area contributed by atoms with Crippen LogP contribution >= 0.6 is 11.3 Å². The first-order chi connectivity index (χ1) is 15.7. The molecule has 9 heteroatoms. The number of ether oxygens (including phenoxy) is 1. The van der Waals surface area contributed by atoms with Crippen molar-refractivity contribution >= 4 is 17.3 Å². The monoisotopic (exact) mass is 472 g/mol. The van der Waals surface area contributed by atoms with Gasteiger partial charge in [-0.3, -0.25) is 4.79 Å². The van der Waals surface area contributed by atoms with E-state index in [1.54, 1.807) is 12.3 Å². The maximum absolute atomic E-state index is 12.4. The molecule has 0 saturated heterocycles. The van der Waals surface area contributed by atoms with Gasteiger partial charge in [-0.2, -0.15) is 18.4 Å². The van der Waals surface area contributed by atoms with Crippen molar-refractivity contribution in [2.45, 2.75) is 38.3 Å². The van der Waals surface area contributed by atoms with Crippen molar-refractivity contribution in [3.8, 4) is 32.8 Å². The minimum Gasteiger partial charge on any atom is -0.483 e. The number of aromatic nitrogens is 1. The molecule has 0 aliphatic heterocycles. The van der Waals surface area contributed by atoms with E-state index < -0.39 is 18.8 Å². The lowest BCUT2D eigenvalue weighted by molar-refractivity contribution is -0.153. The summed E-state index contributed by atoms with van der Waals surface area (Å²) in [5.74, 6) is -0.890. The first-order valence-corrected chi connectivity index (χ1v) is 11.0. The molecule has 0 amide bonds. The Bertz CT molecular complexity index is 1260. The zero-order valence-corrected chi connectivity index (χ0v) is 18.4. The molecule has 4 rings (SSSR count). The summed E-state index contributed by atoms with van der Waals surface area (Å²) in [4.78, 5) is 16.4. The van der Waals surface area contributed by atoms with Crippen LogP contribution in [0, 0.1) is 18.3 Å². The number of hydrogen-bond acceptors (Lipinski definition) is 5. The number of aliphatic carboxylic acids is 1. The van der Waals surface area contributed by atoms with Crippen LogP contribution in [0.15, 0.2) is 36.5 Å².